The van der Waals surface area contributed by atoms with Gasteiger partial charge in [-0.1, -0.05) is 17.7 Å². The van der Waals surface area contributed by atoms with E-state index in [2.05, 4.69) is 0 Å². The van der Waals surface area contributed by atoms with Gasteiger partial charge in [-0.2, -0.15) is 5.26 Å². The molecule has 0 amide bonds. The molecule has 2 rings (SSSR count). The Morgan fingerprint density at radius 1 is 1.33 bits per heavy atom. The quantitative estimate of drug-likeness (QED) is 0.695. The fourth-order valence-corrected chi connectivity index (χ4v) is 2.11. The van der Waals surface area contributed by atoms with Crippen molar-refractivity contribution in [3.63, 3.8) is 0 Å². The average Bonchev–Trinajstić information content (AvgIpc) is 2.45. The molecule has 4 nitrogen and oxygen atoms in total. The second-order valence-corrected chi connectivity index (χ2v) is 4.98. The summed E-state index contributed by atoms with van der Waals surface area (Å²) in [6, 6.07) is 11.8. The van der Waals surface area contributed by atoms with Crippen LogP contribution < -0.4 is 5.73 Å². The highest BCUT2D eigenvalue weighted by atomic mass is 35.5. The first kappa shape index (κ1) is 14.9. The number of esters is 1. The van der Waals surface area contributed by atoms with E-state index in [0.29, 0.717) is 27.4 Å². The summed E-state index contributed by atoms with van der Waals surface area (Å²) in [5, 5.41) is 9.17. The van der Waals surface area contributed by atoms with Crippen LogP contribution in [0.4, 0.5) is 5.69 Å². The third-order valence-corrected chi connectivity index (χ3v) is 3.36. The van der Waals surface area contributed by atoms with Gasteiger partial charge in [-0.25, -0.2) is 4.79 Å². The number of ether oxygens (including phenoxy) is 1. The van der Waals surface area contributed by atoms with Crippen LogP contribution in [-0.4, -0.2) is 5.97 Å². The number of benzene rings is 2. The van der Waals surface area contributed by atoms with Crippen molar-refractivity contribution in [3.8, 4) is 6.07 Å². The van der Waals surface area contributed by atoms with E-state index in [1.54, 1.807) is 43.3 Å². The van der Waals surface area contributed by atoms with E-state index in [-0.39, 0.29) is 6.61 Å². The second-order valence-electron chi connectivity index (χ2n) is 4.57. The van der Waals surface area contributed by atoms with Crippen LogP contribution >= 0.6 is 11.6 Å². The highest BCUT2D eigenvalue weighted by molar-refractivity contribution is 6.31. The number of hydrogen-bond donors (Lipinski definition) is 1. The maximum absolute atomic E-state index is 12.0. The first-order valence-corrected chi connectivity index (χ1v) is 6.61. The minimum Gasteiger partial charge on any atom is -0.457 e. The Morgan fingerprint density at radius 2 is 2.10 bits per heavy atom. The van der Waals surface area contributed by atoms with Crippen LogP contribution in [0.1, 0.15) is 27.0 Å². The van der Waals surface area contributed by atoms with E-state index in [1.165, 1.54) is 0 Å². The van der Waals surface area contributed by atoms with E-state index in [4.69, 9.17) is 27.3 Å². The van der Waals surface area contributed by atoms with Gasteiger partial charge in [0, 0.05) is 16.3 Å². The van der Waals surface area contributed by atoms with Gasteiger partial charge in [-0.05, 0) is 42.8 Å². The van der Waals surface area contributed by atoms with Crippen LogP contribution in [0.25, 0.3) is 0 Å². The van der Waals surface area contributed by atoms with Gasteiger partial charge in [0.05, 0.1) is 17.2 Å². The van der Waals surface area contributed by atoms with Crippen molar-refractivity contribution in [3.05, 3.63) is 63.7 Å². The van der Waals surface area contributed by atoms with Gasteiger partial charge >= 0.3 is 5.97 Å². The van der Waals surface area contributed by atoms with Crippen molar-refractivity contribution >= 4 is 23.3 Å². The number of aryl methyl sites for hydroxylation is 1. The number of nitrogen functional groups attached to an aromatic ring is 1. The molecule has 0 aromatic heterocycles. The molecular formula is C16H13ClN2O2. The zero-order chi connectivity index (χ0) is 15.4. The monoisotopic (exact) mass is 300 g/mol. The Bertz CT molecular complexity index is 736. The van der Waals surface area contributed by atoms with Gasteiger partial charge < -0.3 is 10.5 Å². The Balaban J connectivity index is 2.09. The lowest BCUT2D eigenvalue weighted by Gasteiger charge is -2.09. The number of rotatable bonds is 3. The smallest absolute Gasteiger partial charge is 0.338 e. The largest absolute Gasteiger partial charge is 0.457 e. The van der Waals surface area contributed by atoms with Crippen molar-refractivity contribution in [1.29, 1.82) is 5.26 Å². The number of nitriles is 1. The topological polar surface area (TPSA) is 76.1 Å². The molecule has 106 valence electrons. The van der Waals surface area contributed by atoms with Crippen molar-refractivity contribution in [2.24, 2.45) is 0 Å². The minimum absolute atomic E-state index is 0.0488. The van der Waals surface area contributed by atoms with E-state index in [9.17, 15) is 4.79 Å². The molecule has 0 saturated carbocycles. The molecule has 0 aliphatic heterocycles. The summed E-state index contributed by atoms with van der Waals surface area (Å²) in [6.45, 7) is 1.84. The Kier molecular flexibility index (Phi) is 4.46. The maximum atomic E-state index is 12.0. The lowest BCUT2D eigenvalue weighted by atomic mass is 10.1. The number of hydrogen-bond acceptors (Lipinski definition) is 4. The summed E-state index contributed by atoms with van der Waals surface area (Å²) in [5.41, 5.74) is 8.58. The fourth-order valence-electron chi connectivity index (χ4n) is 1.87. The molecule has 2 N–H and O–H groups in total. The van der Waals surface area contributed by atoms with Crippen LogP contribution in [0, 0.1) is 18.3 Å². The van der Waals surface area contributed by atoms with Gasteiger partial charge in [-0.15, -0.1) is 0 Å². The average molecular weight is 301 g/mol. The van der Waals surface area contributed by atoms with Crippen molar-refractivity contribution in [2.45, 2.75) is 13.5 Å². The fraction of sp³-hybridized carbons (Fsp3) is 0.125. The molecule has 0 unspecified atom stereocenters. The zero-order valence-electron chi connectivity index (χ0n) is 11.4. The van der Waals surface area contributed by atoms with Crippen molar-refractivity contribution < 1.29 is 9.53 Å². The molecule has 0 radical (unpaired) electrons. The third-order valence-electron chi connectivity index (χ3n) is 3.01. The highest BCUT2D eigenvalue weighted by Gasteiger charge is 2.12. The van der Waals surface area contributed by atoms with Crippen LogP contribution in [0.5, 0.6) is 0 Å². The van der Waals surface area contributed by atoms with Crippen LogP contribution in [-0.2, 0) is 11.3 Å². The molecule has 0 heterocycles. The number of halogens is 1. The first-order chi connectivity index (χ1) is 10.0. The molecule has 0 aliphatic rings. The SMILES string of the molecule is Cc1cc(N)ccc1C(=O)OCc1ccc(C#N)cc1Cl. The van der Waals surface area contributed by atoms with Crippen LogP contribution in [0.15, 0.2) is 36.4 Å². The molecular weight excluding hydrogens is 288 g/mol. The lowest BCUT2D eigenvalue weighted by molar-refractivity contribution is 0.0472. The van der Waals surface area contributed by atoms with Crippen molar-refractivity contribution in [2.75, 3.05) is 5.73 Å². The molecule has 0 bridgehead atoms. The van der Waals surface area contributed by atoms with E-state index in [0.717, 1.165) is 5.56 Å². The predicted molar refractivity (Wildman–Crippen MR) is 80.9 cm³/mol. The number of carbonyl (C=O) groups excluding carboxylic acids is 1. The Morgan fingerprint density at radius 3 is 2.71 bits per heavy atom. The summed E-state index contributed by atoms with van der Waals surface area (Å²) >= 11 is 6.03. The molecule has 5 heteroatoms. The van der Waals surface area contributed by atoms with Gasteiger partial charge in [0.1, 0.15) is 6.61 Å². The third kappa shape index (κ3) is 3.53. The highest BCUT2D eigenvalue weighted by Crippen LogP contribution is 2.20. The zero-order valence-corrected chi connectivity index (χ0v) is 12.1. The molecule has 0 fully saturated rings. The maximum Gasteiger partial charge on any atom is 0.338 e. The summed E-state index contributed by atoms with van der Waals surface area (Å²) in [7, 11) is 0. The number of carbonyl (C=O) groups is 1. The minimum atomic E-state index is -0.437. The number of nitrogens with two attached hydrogens (primary N) is 1. The van der Waals surface area contributed by atoms with Gasteiger partial charge in [0.2, 0.25) is 0 Å². The number of nitrogens with zero attached hydrogens (tertiary/aromatic N) is 1. The standard InChI is InChI=1S/C16H13ClN2O2/c1-10-6-13(19)4-5-14(10)16(20)21-9-12-3-2-11(8-18)7-15(12)17/h2-7H,9,19H2,1H3. The normalized spacial score (nSPS) is 9.95. The van der Waals surface area contributed by atoms with Crippen LogP contribution in [0.3, 0.4) is 0 Å². The Labute approximate surface area is 127 Å². The van der Waals surface area contributed by atoms with Gasteiger partial charge in [-0.3, -0.25) is 0 Å². The molecule has 2 aromatic carbocycles. The molecule has 0 atom stereocenters. The molecule has 0 aliphatic carbocycles. The summed E-state index contributed by atoms with van der Waals surface area (Å²) < 4.78 is 5.24. The van der Waals surface area contributed by atoms with Crippen molar-refractivity contribution in [1.82, 2.24) is 0 Å². The predicted octanol–water partition coefficient (Wildman–Crippen LogP) is 3.46. The van der Waals surface area contributed by atoms with Crippen LogP contribution in [0.2, 0.25) is 5.02 Å². The lowest BCUT2D eigenvalue weighted by Crippen LogP contribution is -2.07. The molecule has 21 heavy (non-hydrogen) atoms. The summed E-state index contributed by atoms with van der Waals surface area (Å²) in [6.07, 6.45) is 0. The van der Waals surface area contributed by atoms with E-state index in [1.807, 2.05) is 6.07 Å². The van der Waals surface area contributed by atoms with E-state index >= 15 is 0 Å². The van der Waals surface area contributed by atoms with E-state index < -0.39 is 5.97 Å². The second kappa shape index (κ2) is 6.29. The Hall–Kier alpha value is -2.51. The summed E-state index contributed by atoms with van der Waals surface area (Å²) in [5.74, 6) is -0.437. The molecule has 0 spiro atoms. The van der Waals surface area contributed by atoms with Gasteiger partial charge in [0.25, 0.3) is 0 Å². The summed E-state index contributed by atoms with van der Waals surface area (Å²) in [4.78, 5) is 12.0. The molecule has 0 saturated heterocycles. The number of anilines is 1. The molecule has 2 aromatic rings. The first-order valence-electron chi connectivity index (χ1n) is 6.23. The van der Waals surface area contributed by atoms with Gasteiger partial charge in [0.15, 0.2) is 0 Å².